The SMILES string of the molecule is CCCC=Cc1cc(C=CCCC)cc(C2=C(CCCCC)C=C(c3cc(C=CCCCC)cc(C=CCCCC)c3)[N+]2=[N-])c1. The quantitative estimate of drug-likeness (QED) is 0.106. The van der Waals surface area contributed by atoms with Gasteiger partial charge in [-0.3, -0.25) is 0 Å². The Hall–Kier alpha value is -3.52. The van der Waals surface area contributed by atoms with Gasteiger partial charge in [0, 0.05) is 22.8 Å². The summed E-state index contributed by atoms with van der Waals surface area (Å²) in [5.74, 6) is 0. The predicted molar refractivity (Wildman–Crippen MR) is 201 cm³/mol. The Kier molecular flexibility index (Phi) is 16.4. The van der Waals surface area contributed by atoms with Crippen LogP contribution in [0.4, 0.5) is 0 Å². The van der Waals surface area contributed by atoms with Gasteiger partial charge in [0.1, 0.15) is 0 Å². The Balaban J connectivity index is 2.10. The van der Waals surface area contributed by atoms with E-state index in [0.29, 0.717) is 0 Å². The van der Waals surface area contributed by atoms with Crippen LogP contribution in [0.3, 0.4) is 0 Å². The Morgan fingerprint density at radius 2 is 0.956 bits per heavy atom. The maximum Gasteiger partial charge on any atom is 0.210 e. The van der Waals surface area contributed by atoms with E-state index in [9.17, 15) is 5.53 Å². The van der Waals surface area contributed by atoms with Gasteiger partial charge in [0.25, 0.3) is 0 Å². The van der Waals surface area contributed by atoms with Gasteiger partial charge in [0.05, 0.1) is 0 Å². The molecule has 0 radical (unpaired) electrons. The number of unbranched alkanes of at least 4 members (excludes halogenated alkanes) is 8. The van der Waals surface area contributed by atoms with E-state index >= 15 is 0 Å². The number of hydrogen-bond donors (Lipinski definition) is 0. The molecule has 0 saturated carbocycles. The van der Waals surface area contributed by atoms with E-state index in [1.165, 1.54) is 71.0 Å². The minimum Gasteiger partial charge on any atom is -0.493 e. The topological polar surface area (TPSA) is 25.3 Å². The molecule has 0 spiro atoms. The van der Waals surface area contributed by atoms with Crippen LogP contribution in [-0.4, -0.2) is 4.70 Å². The van der Waals surface area contributed by atoms with Gasteiger partial charge in [0.15, 0.2) is 0 Å². The summed E-state index contributed by atoms with van der Waals surface area (Å²) in [5, 5.41) is 0. The number of nitrogens with zero attached hydrogens (tertiary/aromatic N) is 2. The monoisotopic (exact) mass is 602 g/mol. The minimum absolute atomic E-state index is 0.860. The molecular formula is C43H58N2. The summed E-state index contributed by atoms with van der Waals surface area (Å²) < 4.78 is 1.47. The Morgan fingerprint density at radius 1 is 0.511 bits per heavy atom. The zero-order valence-corrected chi connectivity index (χ0v) is 29.0. The van der Waals surface area contributed by atoms with Crippen LogP contribution in [0.15, 0.2) is 72.4 Å². The molecule has 45 heavy (non-hydrogen) atoms. The van der Waals surface area contributed by atoms with Crippen molar-refractivity contribution in [2.24, 2.45) is 0 Å². The molecule has 0 fully saturated rings. The first-order valence-electron chi connectivity index (χ1n) is 17.9. The maximum absolute atomic E-state index is 12.0. The molecule has 2 nitrogen and oxygen atoms in total. The molecule has 0 saturated heterocycles. The first-order chi connectivity index (χ1) is 22.0. The van der Waals surface area contributed by atoms with Gasteiger partial charge >= 0.3 is 0 Å². The first-order valence-corrected chi connectivity index (χ1v) is 17.9. The molecule has 0 aromatic heterocycles. The molecule has 0 atom stereocenters. The molecule has 240 valence electrons. The van der Waals surface area contributed by atoms with Gasteiger partial charge in [-0.1, -0.05) is 135 Å². The second kappa shape index (κ2) is 20.5. The summed E-state index contributed by atoms with van der Waals surface area (Å²) in [6.07, 6.45) is 36.1. The van der Waals surface area contributed by atoms with Crippen molar-refractivity contribution >= 4 is 35.7 Å². The zero-order chi connectivity index (χ0) is 32.3. The van der Waals surface area contributed by atoms with E-state index in [1.54, 1.807) is 0 Å². The van der Waals surface area contributed by atoms with Crippen LogP contribution in [0.1, 0.15) is 158 Å². The van der Waals surface area contributed by atoms with Crippen molar-refractivity contribution in [1.82, 2.24) is 0 Å². The summed E-state index contributed by atoms with van der Waals surface area (Å²) in [4.78, 5) is 0. The van der Waals surface area contributed by atoms with Crippen LogP contribution >= 0.6 is 0 Å². The lowest BCUT2D eigenvalue weighted by molar-refractivity contribution is -0.344. The highest BCUT2D eigenvalue weighted by molar-refractivity contribution is 5.81. The normalized spacial score (nSPS) is 14.0. The lowest BCUT2D eigenvalue weighted by atomic mass is 9.98. The molecule has 2 aromatic carbocycles. The molecule has 1 aliphatic heterocycles. The molecule has 0 unspecified atom stereocenters. The lowest BCUT2D eigenvalue weighted by Gasteiger charge is -2.12. The molecule has 2 aromatic rings. The van der Waals surface area contributed by atoms with Gasteiger partial charge in [-0.2, -0.15) is 0 Å². The van der Waals surface area contributed by atoms with Gasteiger partial charge in [0.2, 0.25) is 11.4 Å². The fourth-order valence-corrected chi connectivity index (χ4v) is 5.70. The average Bonchev–Trinajstić information content (AvgIpc) is 3.37. The first kappa shape index (κ1) is 36.0. The number of hydrogen-bond acceptors (Lipinski definition) is 0. The summed E-state index contributed by atoms with van der Waals surface area (Å²) in [6, 6.07) is 13.5. The number of benzene rings is 2. The van der Waals surface area contributed by atoms with Crippen LogP contribution < -0.4 is 0 Å². The molecule has 0 bridgehead atoms. The summed E-state index contributed by atoms with van der Waals surface area (Å²) in [7, 11) is 0. The molecule has 0 N–H and O–H groups in total. The van der Waals surface area contributed by atoms with Crippen LogP contribution in [0, 0.1) is 0 Å². The van der Waals surface area contributed by atoms with Crippen molar-refractivity contribution in [2.75, 3.05) is 0 Å². The van der Waals surface area contributed by atoms with E-state index in [0.717, 1.165) is 73.9 Å². The Bertz CT molecular complexity index is 1340. The van der Waals surface area contributed by atoms with Crippen molar-refractivity contribution < 1.29 is 4.70 Å². The molecule has 3 rings (SSSR count). The highest BCUT2D eigenvalue weighted by atomic mass is 15.2. The maximum atomic E-state index is 12.0. The van der Waals surface area contributed by atoms with E-state index in [-0.39, 0.29) is 0 Å². The van der Waals surface area contributed by atoms with Gasteiger partial charge in [-0.25, -0.2) is 4.70 Å². The van der Waals surface area contributed by atoms with E-state index < -0.39 is 0 Å². The fraction of sp³-hybridized carbons (Fsp3) is 0.442. The lowest BCUT2D eigenvalue weighted by Crippen LogP contribution is -2.03. The fourth-order valence-electron chi connectivity index (χ4n) is 5.70. The molecule has 1 aliphatic rings. The van der Waals surface area contributed by atoms with Gasteiger partial charge in [-0.15, -0.1) is 0 Å². The molecule has 0 amide bonds. The number of rotatable bonds is 20. The molecule has 2 heteroatoms. The predicted octanol–water partition coefficient (Wildman–Crippen LogP) is 14.1. The van der Waals surface area contributed by atoms with Crippen LogP contribution in [-0.2, 0) is 0 Å². The standard InChI is InChI=1S/C43H58N2/c1-6-11-16-21-25-35-28-36(26-22-17-12-7-2)31-40(30-35)42-34-39(27-20-15-10-5)43(45(42)44)41-32-37(23-18-13-8-3)29-38(33-41)24-19-14-9-4/h18-19,21-26,28-34H,6-17,20,27H2,1-5H3. The smallest absolute Gasteiger partial charge is 0.210 e. The van der Waals surface area contributed by atoms with Crippen LogP contribution in [0.2, 0.25) is 0 Å². The third kappa shape index (κ3) is 11.7. The van der Waals surface area contributed by atoms with Crippen molar-refractivity contribution in [2.45, 2.75) is 125 Å². The van der Waals surface area contributed by atoms with Crippen molar-refractivity contribution in [3.8, 4) is 0 Å². The van der Waals surface area contributed by atoms with E-state index in [1.807, 2.05) is 0 Å². The molecule has 1 heterocycles. The Morgan fingerprint density at radius 3 is 1.40 bits per heavy atom. The highest BCUT2D eigenvalue weighted by Gasteiger charge is 2.29. The van der Waals surface area contributed by atoms with Crippen molar-refractivity contribution in [3.63, 3.8) is 0 Å². The largest absolute Gasteiger partial charge is 0.493 e. The van der Waals surface area contributed by atoms with Crippen molar-refractivity contribution in [1.29, 1.82) is 0 Å². The third-order valence-corrected chi connectivity index (χ3v) is 8.23. The third-order valence-electron chi connectivity index (χ3n) is 8.23. The molecule has 0 aliphatic carbocycles. The number of allylic oxidation sites excluding steroid dienone is 6. The minimum atomic E-state index is 0.860. The van der Waals surface area contributed by atoms with E-state index in [4.69, 9.17) is 0 Å². The van der Waals surface area contributed by atoms with Gasteiger partial charge in [-0.05, 0) is 97.2 Å². The molecular weight excluding hydrogens is 544 g/mol. The summed E-state index contributed by atoms with van der Waals surface area (Å²) >= 11 is 0. The zero-order valence-electron chi connectivity index (χ0n) is 29.0. The van der Waals surface area contributed by atoms with Crippen LogP contribution in [0.25, 0.3) is 41.2 Å². The van der Waals surface area contributed by atoms with E-state index in [2.05, 4.69) is 126 Å². The Labute approximate surface area is 275 Å². The highest BCUT2D eigenvalue weighted by Crippen LogP contribution is 2.39. The van der Waals surface area contributed by atoms with Crippen molar-refractivity contribution in [3.05, 3.63) is 111 Å². The second-order valence-corrected chi connectivity index (χ2v) is 12.4. The summed E-state index contributed by atoms with van der Waals surface area (Å²) in [5.41, 5.74) is 21.8. The van der Waals surface area contributed by atoms with Crippen LogP contribution in [0.5, 0.6) is 0 Å². The second-order valence-electron chi connectivity index (χ2n) is 12.4. The average molecular weight is 603 g/mol. The summed E-state index contributed by atoms with van der Waals surface area (Å²) in [6.45, 7) is 11.1. The van der Waals surface area contributed by atoms with Gasteiger partial charge < -0.3 is 5.53 Å².